The van der Waals surface area contributed by atoms with Gasteiger partial charge in [-0.1, -0.05) is 11.6 Å². The molecule has 17 heavy (non-hydrogen) atoms. The number of ether oxygens (including phenoxy) is 2. The minimum absolute atomic E-state index is 0.214. The van der Waals surface area contributed by atoms with Crippen LogP contribution < -0.4 is 9.47 Å². The summed E-state index contributed by atoms with van der Waals surface area (Å²) in [6, 6.07) is 5.26. The highest BCUT2D eigenvalue weighted by atomic mass is 35.5. The lowest BCUT2D eigenvalue weighted by Gasteiger charge is -2.08. The molecule has 1 aromatic heterocycles. The van der Waals surface area contributed by atoms with E-state index in [1.807, 2.05) is 0 Å². The molecule has 0 saturated heterocycles. The van der Waals surface area contributed by atoms with Crippen molar-refractivity contribution in [1.29, 1.82) is 0 Å². The van der Waals surface area contributed by atoms with E-state index in [0.29, 0.717) is 28.0 Å². The topological polar surface area (TPSA) is 48.4 Å². The maximum absolute atomic E-state index is 10.9. The van der Waals surface area contributed by atoms with Crippen molar-refractivity contribution in [1.82, 2.24) is 4.98 Å². The molecule has 2 aromatic rings. The minimum Gasteiger partial charge on any atom is -0.497 e. The van der Waals surface area contributed by atoms with Crippen LogP contribution in [0.2, 0.25) is 5.02 Å². The Hall–Kier alpha value is -1.81. The zero-order valence-corrected chi connectivity index (χ0v) is 10.1. The molecule has 0 aliphatic rings. The molecule has 4 nitrogen and oxygen atoms in total. The largest absolute Gasteiger partial charge is 0.497 e. The van der Waals surface area contributed by atoms with Gasteiger partial charge < -0.3 is 9.47 Å². The van der Waals surface area contributed by atoms with Gasteiger partial charge in [0.05, 0.1) is 30.3 Å². The highest BCUT2D eigenvalue weighted by Gasteiger charge is 2.14. The van der Waals surface area contributed by atoms with E-state index in [0.717, 1.165) is 0 Å². The van der Waals surface area contributed by atoms with Crippen molar-refractivity contribution < 1.29 is 14.3 Å². The number of nitrogens with zero attached hydrogens (tertiary/aromatic N) is 1. The van der Waals surface area contributed by atoms with Crippen LogP contribution >= 0.6 is 11.6 Å². The number of hydrogen-bond donors (Lipinski definition) is 0. The number of carbonyl (C=O) groups excluding carboxylic acids is 1. The maximum atomic E-state index is 10.9. The molecule has 0 unspecified atom stereocenters. The fourth-order valence-corrected chi connectivity index (χ4v) is 1.87. The molecule has 0 spiro atoms. The van der Waals surface area contributed by atoms with Crippen molar-refractivity contribution in [2.24, 2.45) is 0 Å². The van der Waals surface area contributed by atoms with Gasteiger partial charge in [-0.05, 0) is 12.1 Å². The molecular formula is C12H10ClNO3. The minimum atomic E-state index is 0.214. The molecule has 0 saturated carbocycles. The summed E-state index contributed by atoms with van der Waals surface area (Å²) < 4.78 is 10.1. The average molecular weight is 252 g/mol. The molecule has 0 atom stereocenters. The lowest BCUT2D eigenvalue weighted by molar-refractivity contribution is 0.112. The number of carbonyl (C=O) groups is 1. The second kappa shape index (κ2) is 4.59. The average Bonchev–Trinajstić information content (AvgIpc) is 2.37. The number of pyridine rings is 1. The standard InChI is InChI=1S/C12H10ClNO3/c1-16-7-3-4-8-10(5-7)14-12(17-2)9(6-15)11(8)13/h3-6H,1-2H3. The Morgan fingerprint density at radius 2 is 2.06 bits per heavy atom. The number of rotatable bonds is 3. The van der Waals surface area contributed by atoms with Crippen LogP contribution in [0.25, 0.3) is 10.9 Å². The zero-order valence-electron chi connectivity index (χ0n) is 9.36. The van der Waals surface area contributed by atoms with Gasteiger partial charge in [-0.3, -0.25) is 4.79 Å². The van der Waals surface area contributed by atoms with Crippen molar-refractivity contribution in [2.45, 2.75) is 0 Å². The first kappa shape index (κ1) is 11.7. The normalized spacial score (nSPS) is 10.3. The van der Waals surface area contributed by atoms with Crippen LogP contribution in [0.4, 0.5) is 0 Å². The van der Waals surface area contributed by atoms with Gasteiger partial charge in [0.2, 0.25) is 5.88 Å². The van der Waals surface area contributed by atoms with E-state index in [9.17, 15) is 4.79 Å². The van der Waals surface area contributed by atoms with E-state index >= 15 is 0 Å². The van der Waals surface area contributed by atoms with Crippen LogP contribution in [0.3, 0.4) is 0 Å². The van der Waals surface area contributed by atoms with E-state index in [1.54, 1.807) is 25.3 Å². The molecule has 88 valence electrons. The number of halogens is 1. The van der Waals surface area contributed by atoms with Gasteiger partial charge in [0.1, 0.15) is 5.75 Å². The third-order valence-corrected chi connectivity index (χ3v) is 2.85. The Balaban J connectivity index is 2.80. The van der Waals surface area contributed by atoms with E-state index in [2.05, 4.69) is 4.98 Å². The van der Waals surface area contributed by atoms with E-state index in [-0.39, 0.29) is 11.4 Å². The summed E-state index contributed by atoms with van der Waals surface area (Å²) in [5.41, 5.74) is 0.878. The van der Waals surface area contributed by atoms with Crippen molar-refractivity contribution in [3.8, 4) is 11.6 Å². The lowest BCUT2D eigenvalue weighted by atomic mass is 10.1. The van der Waals surface area contributed by atoms with Crippen molar-refractivity contribution in [2.75, 3.05) is 14.2 Å². The molecular weight excluding hydrogens is 242 g/mol. The number of hydrogen-bond acceptors (Lipinski definition) is 4. The Kier molecular flexibility index (Phi) is 3.15. The van der Waals surface area contributed by atoms with Gasteiger partial charge in [0.25, 0.3) is 0 Å². The first-order valence-electron chi connectivity index (χ1n) is 4.87. The molecule has 5 heteroatoms. The Morgan fingerprint density at radius 1 is 1.29 bits per heavy atom. The van der Waals surface area contributed by atoms with Crippen LogP contribution in [-0.4, -0.2) is 25.5 Å². The first-order chi connectivity index (χ1) is 8.21. The van der Waals surface area contributed by atoms with Gasteiger partial charge in [-0.15, -0.1) is 0 Å². The summed E-state index contributed by atoms with van der Waals surface area (Å²) in [6.07, 6.45) is 0.637. The van der Waals surface area contributed by atoms with E-state index in [4.69, 9.17) is 21.1 Å². The lowest BCUT2D eigenvalue weighted by Crippen LogP contribution is -1.97. The third-order valence-electron chi connectivity index (χ3n) is 2.44. The summed E-state index contributed by atoms with van der Waals surface area (Å²) in [4.78, 5) is 15.2. The van der Waals surface area contributed by atoms with Gasteiger partial charge in [0, 0.05) is 11.5 Å². The van der Waals surface area contributed by atoms with Crippen LogP contribution in [0.15, 0.2) is 18.2 Å². The van der Waals surface area contributed by atoms with E-state index < -0.39 is 0 Å². The molecule has 0 bridgehead atoms. The molecule has 0 N–H and O–H groups in total. The predicted molar refractivity (Wildman–Crippen MR) is 65.2 cm³/mol. The fourth-order valence-electron chi connectivity index (χ4n) is 1.58. The van der Waals surface area contributed by atoms with Crippen molar-refractivity contribution in [3.63, 3.8) is 0 Å². The summed E-state index contributed by atoms with van der Waals surface area (Å²) >= 11 is 6.13. The van der Waals surface area contributed by atoms with Crippen molar-refractivity contribution >= 4 is 28.8 Å². The maximum Gasteiger partial charge on any atom is 0.225 e. The number of fused-ring (bicyclic) bond motifs is 1. The Bertz CT molecular complexity index is 583. The monoisotopic (exact) mass is 251 g/mol. The summed E-state index contributed by atoms with van der Waals surface area (Å²) in [5.74, 6) is 0.882. The quantitative estimate of drug-likeness (QED) is 0.787. The molecule has 1 aromatic carbocycles. The van der Waals surface area contributed by atoms with Crippen LogP contribution in [0, 0.1) is 0 Å². The number of aromatic nitrogens is 1. The Morgan fingerprint density at radius 3 is 2.65 bits per heavy atom. The predicted octanol–water partition coefficient (Wildman–Crippen LogP) is 2.72. The van der Waals surface area contributed by atoms with Crippen LogP contribution in [0.1, 0.15) is 10.4 Å². The van der Waals surface area contributed by atoms with Crippen molar-refractivity contribution in [3.05, 3.63) is 28.8 Å². The SMILES string of the molecule is COc1ccc2c(Cl)c(C=O)c(OC)nc2c1. The zero-order chi connectivity index (χ0) is 12.4. The summed E-state index contributed by atoms with van der Waals surface area (Å²) in [7, 11) is 3.01. The number of benzene rings is 1. The van der Waals surface area contributed by atoms with Gasteiger partial charge >= 0.3 is 0 Å². The second-order valence-electron chi connectivity index (χ2n) is 3.35. The first-order valence-corrected chi connectivity index (χ1v) is 5.25. The molecule has 0 aliphatic heterocycles. The summed E-state index contributed by atoms with van der Waals surface area (Å²) in [5, 5.41) is 1.03. The molecule has 0 amide bonds. The number of aldehydes is 1. The van der Waals surface area contributed by atoms with Gasteiger partial charge in [-0.25, -0.2) is 4.98 Å². The highest BCUT2D eigenvalue weighted by molar-refractivity contribution is 6.38. The highest BCUT2D eigenvalue weighted by Crippen LogP contribution is 2.32. The smallest absolute Gasteiger partial charge is 0.225 e. The second-order valence-corrected chi connectivity index (χ2v) is 3.73. The van der Waals surface area contributed by atoms with E-state index in [1.165, 1.54) is 7.11 Å². The van der Waals surface area contributed by atoms with Crippen LogP contribution in [0.5, 0.6) is 11.6 Å². The van der Waals surface area contributed by atoms with Crippen LogP contribution in [-0.2, 0) is 0 Å². The molecule has 1 heterocycles. The summed E-state index contributed by atoms with van der Waals surface area (Å²) in [6.45, 7) is 0. The number of methoxy groups -OCH3 is 2. The third kappa shape index (κ3) is 1.91. The molecule has 0 fully saturated rings. The Labute approximate surface area is 103 Å². The molecule has 0 aliphatic carbocycles. The molecule has 0 radical (unpaired) electrons. The van der Waals surface area contributed by atoms with Gasteiger partial charge in [-0.2, -0.15) is 0 Å². The van der Waals surface area contributed by atoms with Gasteiger partial charge in [0.15, 0.2) is 6.29 Å². The molecule has 2 rings (SSSR count). The fraction of sp³-hybridized carbons (Fsp3) is 0.167.